The van der Waals surface area contributed by atoms with Crippen LogP contribution in [-0.4, -0.2) is 36.1 Å². The lowest BCUT2D eigenvalue weighted by Gasteiger charge is -2.29. The first-order valence-corrected chi connectivity index (χ1v) is 5.72. The van der Waals surface area contributed by atoms with Crippen molar-refractivity contribution < 1.29 is 14.6 Å². The molecule has 0 saturated carbocycles. The van der Waals surface area contributed by atoms with Crippen molar-refractivity contribution in [2.24, 2.45) is 0 Å². The van der Waals surface area contributed by atoms with Crippen molar-refractivity contribution in [2.45, 2.75) is 58.7 Å². The Balaban J connectivity index is 3.77. The molecule has 0 fully saturated rings. The minimum absolute atomic E-state index is 0.121. The van der Waals surface area contributed by atoms with Gasteiger partial charge in [0, 0.05) is 13.2 Å². The molecule has 0 saturated heterocycles. The molecule has 15 heavy (non-hydrogen) atoms. The van der Waals surface area contributed by atoms with Crippen LogP contribution in [0.15, 0.2) is 0 Å². The number of aliphatic hydroxyl groups excluding tert-OH is 1. The molecule has 0 heterocycles. The maximum atomic E-state index is 8.84. The summed E-state index contributed by atoms with van der Waals surface area (Å²) >= 11 is 0. The van der Waals surface area contributed by atoms with Crippen molar-refractivity contribution in [3.8, 4) is 0 Å². The van der Waals surface area contributed by atoms with Crippen LogP contribution in [0.25, 0.3) is 0 Å². The molecule has 0 rings (SSSR count). The lowest BCUT2D eigenvalue weighted by Crippen LogP contribution is -2.31. The quantitative estimate of drug-likeness (QED) is 0.680. The Morgan fingerprint density at radius 1 is 0.933 bits per heavy atom. The van der Waals surface area contributed by atoms with Crippen LogP contribution < -0.4 is 0 Å². The molecule has 0 aliphatic heterocycles. The summed E-state index contributed by atoms with van der Waals surface area (Å²) in [7, 11) is 0. The lowest BCUT2D eigenvalue weighted by atomic mass is 10.0. The number of ether oxygens (including phenoxy) is 2. The van der Waals surface area contributed by atoms with E-state index < -0.39 is 0 Å². The van der Waals surface area contributed by atoms with Gasteiger partial charge in [-0.15, -0.1) is 0 Å². The fourth-order valence-electron chi connectivity index (χ4n) is 1.38. The lowest BCUT2D eigenvalue weighted by molar-refractivity contribution is -0.0750. The summed E-state index contributed by atoms with van der Waals surface area (Å²) in [4.78, 5) is 0. The van der Waals surface area contributed by atoms with E-state index in [0.717, 1.165) is 13.0 Å². The van der Waals surface area contributed by atoms with E-state index in [4.69, 9.17) is 14.6 Å². The number of aliphatic hydroxyl groups is 1. The van der Waals surface area contributed by atoms with Crippen molar-refractivity contribution in [3.63, 3.8) is 0 Å². The van der Waals surface area contributed by atoms with Crippen molar-refractivity contribution in [1.82, 2.24) is 0 Å². The van der Waals surface area contributed by atoms with Crippen LogP contribution in [0.1, 0.15) is 47.5 Å². The molecule has 3 nitrogen and oxygen atoms in total. The van der Waals surface area contributed by atoms with Gasteiger partial charge in [-0.05, 0) is 47.5 Å². The molecule has 0 atom stereocenters. The van der Waals surface area contributed by atoms with Crippen molar-refractivity contribution in [1.29, 1.82) is 0 Å². The average molecular weight is 218 g/mol. The zero-order chi connectivity index (χ0) is 11.9. The second-order valence-corrected chi connectivity index (χ2v) is 5.02. The second-order valence-electron chi connectivity index (χ2n) is 5.02. The summed E-state index contributed by atoms with van der Waals surface area (Å²) in [6.45, 7) is 11.7. The summed E-state index contributed by atoms with van der Waals surface area (Å²) in [5, 5.41) is 8.84. The van der Waals surface area contributed by atoms with Crippen LogP contribution in [0.3, 0.4) is 0 Å². The van der Waals surface area contributed by atoms with Gasteiger partial charge < -0.3 is 14.6 Å². The van der Waals surface area contributed by atoms with Crippen molar-refractivity contribution >= 4 is 0 Å². The zero-order valence-electron chi connectivity index (χ0n) is 10.8. The van der Waals surface area contributed by atoms with Gasteiger partial charge in [0.15, 0.2) is 0 Å². The average Bonchev–Trinajstić information content (AvgIpc) is 2.02. The molecule has 0 spiro atoms. The summed E-state index contributed by atoms with van der Waals surface area (Å²) in [5.41, 5.74) is -0.360. The standard InChI is InChI=1S/C12H26O3/c1-6-14-12(4,5)8-10-15-11(2,3)7-9-13/h13H,6-10H2,1-5H3. The molecule has 0 aliphatic carbocycles. The Morgan fingerprint density at radius 2 is 1.47 bits per heavy atom. The highest BCUT2D eigenvalue weighted by Crippen LogP contribution is 2.18. The van der Waals surface area contributed by atoms with Gasteiger partial charge >= 0.3 is 0 Å². The summed E-state index contributed by atoms with van der Waals surface area (Å²) in [6, 6.07) is 0. The predicted octanol–water partition coefficient (Wildman–Crippen LogP) is 2.37. The smallest absolute Gasteiger partial charge is 0.0648 e. The summed E-state index contributed by atoms with van der Waals surface area (Å²) in [5.74, 6) is 0. The van der Waals surface area contributed by atoms with Crippen molar-refractivity contribution in [3.05, 3.63) is 0 Å². The first-order chi connectivity index (χ1) is 6.83. The fraction of sp³-hybridized carbons (Fsp3) is 1.00. The molecule has 0 aromatic rings. The highest BCUT2D eigenvalue weighted by molar-refractivity contribution is 4.71. The molecule has 92 valence electrons. The Hall–Kier alpha value is -0.120. The number of hydrogen-bond acceptors (Lipinski definition) is 3. The van der Waals surface area contributed by atoms with Gasteiger partial charge in [-0.3, -0.25) is 0 Å². The van der Waals surface area contributed by atoms with Gasteiger partial charge in [-0.2, -0.15) is 0 Å². The molecule has 1 N–H and O–H groups in total. The number of rotatable bonds is 8. The minimum Gasteiger partial charge on any atom is -0.396 e. The van der Waals surface area contributed by atoms with Crippen molar-refractivity contribution in [2.75, 3.05) is 19.8 Å². The van der Waals surface area contributed by atoms with E-state index in [2.05, 4.69) is 13.8 Å². The van der Waals surface area contributed by atoms with Gasteiger partial charge in [0.05, 0.1) is 17.8 Å². The van der Waals surface area contributed by atoms with Gasteiger partial charge in [-0.1, -0.05) is 0 Å². The van der Waals surface area contributed by atoms with Crippen LogP contribution in [0.5, 0.6) is 0 Å². The van der Waals surface area contributed by atoms with E-state index in [1.165, 1.54) is 0 Å². The van der Waals surface area contributed by atoms with E-state index in [0.29, 0.717) is 13.0 Å². The maximum absolute atomic E-state index is 8.84. The third-order valence-corrected chi connectivity index (χ3v) is 2.45. The topological polar surface area (TPSA) is 38.7 Å². The SMILES string of the molecule is CCOC(C)(C)CCOC(C)(C)CCO. The molecule has 0 amide bonds. The van der Waals surface area contributed by atoms with E-state index in [1.54, 1.807) is 0 Å². The van der Waals surface area contributed by atoms with Crippen LogP contribution in [0.2, 0.25) is 0 Å². The molecule has 0 radical (unpaired) electrons. The third-order valence-electron chi connectivity index (χ3n) is 2.45. The predicted molar refractivity (Wildman–Crippen MR) is 62.1 cm³/mol. The van der Waals surface area contributed by atoms with Crippen LogP contribution in [-0.2, 0) is 9.47 Å². The number of hydrogen-bond donors (Lipinski definition) is 1. The van der Waals surface area contributed by atoms with E-state index in [9.17, 15) is 0 Å². The molecular weight excluding hydrogens is 192 g/mol. The van der Waals surface area contributed by atoms with E-state index >= 15 is 0 Å². The normalized spacial score (nSPS) is 13.2. The van der Waals surface area contributed by atoms with Crippen LogP contribution >= 0.6 is 0 Å². The first kappa shape index (κ1) is 14.9. The fourth-order valence-corrected chi connectivity index (χ4v) is 1.38. The monoisotopic (exact) mass is 218 g/mol. The van der Waals surface area contributed by atoms with Gasteiger partial charge in [0.1, 0.15) is 0 Å². The second kappa shape index (κ2) is 6.46. The highest BCUT2D eigenvalue weighted by atomic mass is 16.5. The van der Waals surface area contributed by atoms with E-state index in [-0.39, 0.29) is 17.8 Å². The van der Waals surface area contributed by atoms with E-state index in [1.807, 2.05) is 20.8 Å². The van der Waals surface area contributed by atoms with Gasteiger partial charge in [0.2, 0.25) is 0 Å². The molecule has 0 unspecified atom stereocenters. The first-order valence-electron chi connectivity index (χ1n) is 5.72. The molecule has 0 aliphatic rings. The largest absolute Gasteiger partial charge is 0.396 e. The Kier molecular flexibility index (Phi) is 6.41. The molecule has 0 aromatic carbocycles. The molecule has 3 heteroatoms. The molecule has 0 bridgehead atoms. The van der Waals surface area contributed by atoms with Crippen LogP contribution in [0, 0.1) is 0 Å². The molecule has 0 aromatic heterocycles. The maximum Gasteiger partial charge on any atom is 0.0648 e. The Morgan fingerprint density at radius 3 is 1.93 bits per heavy atom. The zero-order valence-corrected chi connectivity index (χ0v) is 10.8. The molecular formula is C12H26O3. The summed E-state index contributed by atoms with van der Waals surface area (Å²) < 4.78 is 11.3. The Labute approximate surface area is 93.8 Å². The van der Waals surface area contributed by atoms with Gasteiger partial charge in [0.25, 0.3) is 0 Å². The minimum atomic E-state index is -0.239. The highest BCUT2D eigenvalue weighted by Gasteiger charge is 2.21. The summed E-state index contributed by atoms with van der Waals surface area (Å²) in [6.07, 6.45) is 1.54. The van der Waals surface area contributed by atoms with Gasteiger partial charge in [-0.25, -0.2) is 0 Å². The van der Waals surface area contributed by atoms with Crippen LogP contribution in [0.4, 0.5) is 0 Å². The Bertz CT molecular complexity index is 146. The third kappa shape index (κ3) is 7.77.